The molecule has 2 rings (SSSR count). The van der Waals surface area contributed by atoms with Gasteiger partial charge in [0.1, 0.15) is 0 Å². The summed E-state index contributed by atoms with van der Waals surface area (Å²) in [4.78, 5) is 11.5. The molecule has 23 heavy (non-hydrogen) atoms. The van der Waals surface area contributed by atoms with Crippen molar-refractivity contribution >= 4 is 21.6 Å². The van der Waals surface area contributed by atoms with Gasteiger partial charge in [0, 0.05) is 18.2 Å². The molecule has 6 heteroatoms. The zero-order chi connectivity index (χ0) is 16.9. The molecule has 0 heterocycles. The summed E-state index contributed by atoms with van der Waals surface area (Å²) in [6.45, 7) is 3.55. The highest BCUT2D eigenvalue weighted by atomic mass is 32.2. The summed E-state index contributed by atoms with van der Waals surface area (Å²) in [7, 11) is -3.62. The Hall–Kier alpha value is -2.18. The standard InChI is InChI=1S/C17H20N2O3S/c1-3-17(20)18-15-9-11-16(12-10-15)23(21,22)19-13(2)14-7-5-4-6-8-14/h4-13,19H,3H2,1-2H3,(H,18,20)/t13-/m1/s1. The van der Waals surface area contributed by atoms with Crippen LogP contribution in [0.1, 0.15) is 31.9 Å². The number of hydrogen-bond acceptors (Lipinski definition) is 3. The van der Waals surface area contributed by atoms with Gasteiger partial charge in [-0.15, -0.1) is 0 Å². The van der Waals surface area contributed by atoms with E-state index >= 15 is 0 Å². The van der Waals surface area contributed by atoms with Crippen LogP contribution in [0.25, 0.3) is 0 Å². The number of nitrogens with one attached hydrogen (secondary N) is 2. The van der Waals surface area contributed by atoms with E-state index < -0.39 is 10.0 Å². The van der Waals surface area contributed by atoms with Crippen LogP contribution in [0.15, 0.2) is 59.5 Å². The number of sulfonamides is 1. The van der Waals surface area contributed by atoms with Crippen LogP contribution in [0, 0.1) is 0 Å². The van der Waals surface area contributed by atoms with Crippen molar-refractivity contribution in [3.05, 3.63) is 60.2 Å². The largest absolute Gasteiger partial charge is 0.326 e. The van der Waals surface area contributed by atoms with E-state index in [1.54, 1.807) is 26.0 Å². The second-order valence-corrected chi connectivity index (χ2v) is 6.89. The summed E-state index contributed by atoms with van der Waals surface area (Å²) in [5.74, 6) is -0.114. The van der Waals surface area contributed by atoms with Gasteiger partial charge in [-0.25, -0.2) is 13.1 Å². The van der Waals surface area contributed by atoms with Gasteiger partial charge in [0.2, 0.25) is 15.9 Å². The molecule has 5 nitrogen and oxygen atoms in total. The first-order valence-electron chi connectivity index (χ1n) is 7.39. The monoisotopic (exact) mass is 332 g/mol. The molecule has 1 amide bonds. The Labute approximate surface area is 136 Å². The van der Waals surface area contributed by atoms with Crippen LogP contribution in [0.5, 0.6) is 0 Å². The molecule has 0 aliphatic heterocycles. The lowest BCUT2D eigenvalue weighted by atomic mass is 10.1. The maximum Gasteiger partial charge on any atom is 0.241 e. The Bertz CT molecular complexity index is 756. The Morgan fingerprint density at radius 3 is 2.22 bits per heavy atom. The second kappa shape index (κ2) is 7.39. The normalized spacial score (nSPS) is 12.6. The lowest BCUT2D eigenvalue weighted by Crippen LogP contribution is -2.26. The first-order chi connectivity index (χ1) is 10.9. The number of carbonyl (C=O) groups excluding carboxylic acids is 1. The molecule has 0 radical (unpaired) electrons. The van der Waals surface area contributed by atoms with Crippen LogP contribution in [0.2, 0.25) is 0 Å². The van der Waals surface area contributed by atoms with Crippen molar-refractivity contribution in [2.45, 2.75) is 31.2 Å². The van der Waals surface area contributed by atoms with Gasteiger partial charge in [0.05, 0.1) is 4.90 Å². The van der Waals surface area contributed by atoms with Crippen molar-refractivity contribution in [2.75, 3.05) is 5.32 Å². The smallest absolute Gasteiger partial charge is 0.241 e. The van der Waals surface area contributed by atoms with Gasteiger partial charge >= 0.3 is 0 Å². The lowest BCUT2D eigenvalue weighted by Gasteiger charge is -2.15. The fourth-order valence-corrected chi connectivity index (χ4v) is 3.31. The van der Waals surface area contributed by atoms with Crippen LogP contribution >= 0.6 is 0 Å². The molecule has 2 aromatic rings. The maximum absolute atomic E-state index is 12.4. The molecule has 0 aromatic heterocycles. The Balaban J connectivity index is 2.12. The van der Waals surface area contributed by atoms with Crippen molar-refractivity contribution in [2.24, 2.45) is 0 Å². The van der Waals surface area contributed by atoms with E-state index in [-0.39, 0.29) is 16.8 Å². The van der Waals surface area contributed by atoms with Crippen molar-refractivity contribution in [3.8, 4) is 0 Å². The SMILES string of the molecule is CCC(=O)Nc1ccc(S(=O)(=O)N[C@H](C)c2ccccc2)cc1. The minimum absolute atomic E-state index is 0.114. The van der Waals surface area contributed by atoms with Crippen LogP contribution in [0.3, 0.4) is 0 Å². The van der Waals surface area contributed by atoms with E-state index in [2.05, 4.69) is 10.0 Å². The molecule has 2 aromatic carbocycles. The molecule has 1 atom stereocenters. The highest BCUT2D eigenvalue weighted by Crippen LogP contribution is 2.18. The summed E-state index contributed by atoms with van der Waals surface area (Å²) < 4.78 is 27.5. The van der Waals surface area contributed by atoms with E-state index in [0.717, 1.165) is 5.56 Å². The predicted molar refractivity (Wildman–Crippen MR) is 90.5 cm³/mol. The zero-order valence-electron chi connectivity index (χ0n) is 13.1. The first-order valence-corrected chi connectivity index (χ1v) is 8.88. The second-order valence-electron chi connectivity index (χ2n) is 5.18. The quantitative estimate of drug-likeness (QED) is 0.853. The molecule has 0 fully saturated rings. The highest BCUT2D eigenvalue weighted by Gasteiger charge is 2.18. The number of anilines is 1. The number of rotatable bonds is 6. The number of benzene rings is 2. The molecule has 122 valence electrons. The molecule has 0 aliphatic rings. The molecule has 0 saturated carbocycles. The molecule has 2 N–H and O–H groups in total. The van der Waals surface area contributed by atoms with E-state index in [4.69, 9.17) is 0 Å². The topological polar surface area (TPSA) is 75.3 Å². The fraction of sp³-hybridized carbons (Fsp3) is 0.235. The molecule has 0 bridgehead atoms. The lowest BCUT2D eigenvalue weighted by molar-refractivity contribution is -0.115. The Kier molecular flexibility index (Phi) is 5.52. The van der Waals surface area contributed by atoms with E-state index in [1.807, 2.05) is 30.3 Å². The molecule has 0 unspecified atom stereocenters. The van der Waals surface area contributed by atoms with Crippen LogP contribution in [-0.2, 0) is 14.8 Å². The Morgan fingerprint density at radius 1 is 1.04 bits per heavy atom. The highest BCUT2D eigenvalue weighted by molar-refractivity contribution is 7.89. The average molecular weight is 332 g/mol. The van der Waals surface area contributed by atoms with Gasteiger partial charge in [-0.2, -0.15) is 0 Å². The van der Waals surface area contributed by atoms with Gasteiger partial charge in [-0.3, -0.25) is 4.79 Å². The average Bonchev–Trinajstić information content (AvgIpc) is 2.55. The fourth-order valence-electron chi connectivity index (χ4n) is 2.08. The third kappa shape index (κ3) is 4.64. The summed E-state index contributed by atoms with van der Waals surface area (Å²) in [6, 6.07) is 15.1. The van der Waals surface area contributed by atoms with Gasteiger partial charge in [-0.1, -0.05) is 37.3 Å². The van der Waals surface area contributed by atoms with E-state index in [0.29, 0.717) is 12.1 Å². The Morgan fingerprint density at radius 2 is 1.65 bits per heavy atom. The van der Waals surface area contributed by atoms with E-state index in [1.165, 1.54) is 12.1 Å². The summed E-state index contributed by atoms with van der Waals surface area (Å²) >= 11 is 0. The van der Waals surface area contributed by atoms with Crippen molar-refractivity contribution in [3.63, 3.8) is 0 Å². The maximum atomic E-state index is 12.4. The minimum Gasteiger partial charge on any atom is -0.326 e. The number of amides is 1. The van der Waals surface area contributed by atoms with E-state index in [9.17, 15) is 13.2 Å². The molecule has 0 aliphatic carbocycles. The van der Waals surface area contributed by atoms with Gasteiger partial charge in [0.25, 0.3) is 0 Å². The molecule has 0 saturated heterocycles. The molecular weight excluding hydrogens is 312 g/mol. The van der Waals surface area contributed by atoms with Gasteiger partial charge < -0.3 is 5.32 Å². The number of carbonyl (C=O) groups is 1. The summed E-state index contributed by atoms with van der Waals surface area (Å²) in [5, 5.41) is 2.68. The number of hydrogen-bond donors (Lipinski definition) is 2. The van der Waals surface area contributed by atoms with Crippen molar-refractivity contribution in [1.29, 1.82) is 0 Å². The van der Waals surface area contributed by atoms with Crippen LogP contribution < -0.4 is 10.0 Å². The van der Waals surface area contributed by atoms with Gasteiger partial charge in [0.15, 0.2) is 0 Å². The first kappa shape index (κ1) is 17.2. The predicted octanol–water partition coefficient (Wildman–Crippen LogP) is 3.07. The third-order valence-electron chi connectivity index (χ3n) is 3.40. The van der Waals surface area contributed by atoms with Crippen molar-refractivity contribution in [1.82, 2.24) is 4.72 Å². The molecule has 0 spiro atoms. The third-order valence-corrected chi connectivity index (χ3v) is 4.96. The minimum atomic E-state index is -3.62. The van der Waals surface area contributed by atoms with Crippen LogP contribution in [-0.4, -0.2) is 14.3 Å². The zero-order valence-corrected chi connectivity index (χ0v) is 13.9. The summed E-state index contributed by atoms with van der Waals surface area (Å²) in [6.07, 6.45) is 0.371. The van der Waals surface area contributed by atoms with Gasteiger partial charge in [-0.05, 0) is 36.8 Å². The summed E-state index contributed by atoms with van der Waals surface area (Å²) in [5.41, 5.74) is 1.47. The van der Waals surface area contributed by atoms with Crippen molar-refractivity contribution < 1.29 is 13.2 Å². The molecular formula is C17H20N2O3S. The van der Waals surface area contributed by atoms with Crippen LogP contribution in [0.4, 0.5) is 5.69 Å².